The second-order valence-electron chi connectivity index (χ2n) is 7.27. The van der Waals surface area contributed by atoms with Crippen molar-refractivity contribution in [1.82, 2.24) is 0 Å². The van der Waals surface area contributed by atoms with Crippen LogP contribution in [-0.2, 0) is 9.53 Å². The maximum atomic E-state index is 12.7. The Balaban J connectivity index is 1.66. The summed E-state index contributed by atoms with van der Waals surface area (Å²) in [4.78, 5) is 12.7. The summed E-state index contributed by atoms with van der Waals surface area (Å²) in [6, 6.07) is 5.88. The van der Waals surface area contributed by atoms with Crippen molar-refractivity contribution in [3.63, 3.8) is 0 Å². The number of carbonyl (C=O) groups is 1. The van der Waals surface area contributed by atoms with E-state index in [9.17, 15) is 4.79 Å². The van der Waals surface area contributed by atoms with Crippen molar-refractivity contribution in [2.45, 2.75) is 71.0 Å². The number of anilines is 1. The Morgan fingerprint density at radius 1 is 1.25 bits per heavy atom. The van der Waals surface area contributed by atoms with Gasteiger partial charge in [-0.05, 0) is 89.0 Å². The van der Waals surface area contributed by atoms with Gasteiger partial charge in [0.2, 0.25) is 0 Å². The zero-order valence-electron chi connectivity index (χ0n) is 15.1. The van der Waals surface area contributed by atoms with Gasteiger partial charge in [0, 0.05) is 12.3 Å². The van der Waals surface area contributed by atoms with Gasteiger partial charge in [0.05, 0.1) is 6.10 Å². The molecule has 1 N–H and O–H groups in total. The Morgan fingerprint density at radius 3 is 2.54 bits per heavy atom. The second-order valence-corrected chi connectivity index (χ2v) is 7.27. The summed E-state index contributed by atoms with van der Waals surface area (Å²) in [5.74, 6) is 1.22. The van der Waals surface area contributed by atoms with Crippen LogP contribution in [0.4, 0.5) is 5.69 Å². The molecule has 0 unspecified atom stereocenters. The number of benzene rings is 1. The van der Waals surface area contributed by atoms with Gasteiger partial charge >= 0.3 is 0 Å². The van der Waals surface area contributed by atoms with Crippen LogP contribution < -0.4 is 10.1 Å². The lowest BCUT2D eigenvalue weighted by Gasteiger charge is -2.28. The van der Waals surface area contributed by atoms with Gasteiger partial charge in [-0.25, -0.2) is 0 Å². The van der Waals surface area contributed by atoms with Gasteiger partial charge < -0.3 is 14.8 Å². The predicted octanol–water partition coefficient (Wildman–Crippen LogP) is 4.46. The minimum Gasteiger partial charge on any atom is -0.490 e. The lowest BCUT2D eigenvalue weighted by Crippen LogP contribution is -2.44. The van der Waals surface area contributed by atoms with Gasteiger partial charge in [0.1, 0.15) is 11.4 Å². The standard InChI is InChI=1S/C20H29NO3/c1-4-23-20(3,15-9-10-15)19(22)21-16-11-12-18(14(2)13-16)24-17-7-5-6-8-17/h11-13,15,17H,4-10H2,1-3H3,(H,21,22)/t20-/m0/s1. The number of amides is 1. The zero-order chi connectivity index (χ0) is 17.2. The molecule has 2 saturated carbocycles. The fourth-order valence-electron chi connectivity index (χ4n) is 3.60. The van der Waals surface area contributed by atoms with Gasteiger partial charge in [0.15, 0.2) is 0 Å². The SMILES string of the molecule is CCO[C@](C)(C(=O)Nc1ccc(OC2CCCC2)c(C)c1)C1CC1. The van der Waals surface area contributed by atoms with Crippen molar-refractivity contribution in [3.8, 4) is 5.75 Å². The number of carbonyl (C=O) groups excluding carboxylic acids is 1. The summed E-state index contributed by atoms with van der Waals surface area (Å²) in [6.07, 6.45) is 7.29. The van der Waals surface area contributed by atoms with Crippen molar-refractivity contribution >= 4 is 11.6 Å². The van der Waals surface area contributed by atoms with Crippen LogP contribution in [0.2, 0.25) is 0 Å². The number of hydrogen-bond donors (Lipinski definition) is 1. The van der Waals surface area contributed by atoms with Gasteiger partial charge in [-0.15, -0.1) is 0 Å². The minimum atomic E-state index is -0.721. The van der Waals surface area contributed by atoms with Gasteiger partial charge in [-0.2, -0.15) is 0 Å². The van der Waals surface area contributed by atoms with Crippen LogP contribution in [0.1, 0.15) is 57.9 Å². The van der Waals surface area contributed by atoms with Crippen LogP contribution in [0, 0.1) is 12.8 Å². The largest absolute Gasteiger partial charge is 0.490 e. The second kappa shape index (κ2) is 7.14. The number of hydrogen-bond acceptors (Lipinski definition) is 3. The maximum absolute atomic E-state index is 12.7. The molecule has 2 aliphatic carbocycles. The topological polar surface area (TPSA) is 47.6 Å². The maximum Gasteiger partial charge on any atom is 0.256 e. The number of aryl methyl sites for hydroxylation is 1. The average Bonchev–Trinajstić information content (AvgIpc) is 3.29. The molecule has 0 aliphatic heterocycles. The van der Waals surface area contributed by atoms with E-state index in [2.05, 4.69) is 5.32 Å². The van der Waals surface area contributed by atoms with Crippen LogP contribution in [0.3, 0.4) is 0 Å². The van der Waals surface area contributed by atoms with E-state index in [0.29, 0.717) is 18.6 Å². The van der Waals surface area contributed by atoms with Crippen molar-refractivity contribution in [3.05, 3.63) is 23.8 Å². The quantitative estimate of drug-likeness (QED) is 0.802. The minimum absolute atomic E-state index is 0.0456. The summed E-state index contributed by atoms with van der Waals surface area (Å²) in [5.41, 5.74) is 1.15. The van der Waals surface area contributed by atoms with E-state index in [-0.39, 0.29) is 5.91 Å². The predicted molar refractivity (Wildman–Crippen MR) is 95.4 cm³/mol. The molecule has 1 atom stereocenters. The molecule has 24 heavy (non-hydrogen) atoms. The molecule has 0 aromatic heterocycles. The summed E-state index contributed by atoms with van der Waals surface area (Å²) >= 11 is 0. The molecule has 0 radical (unpaired) electrons. The molecule has 0 heterocycles. The number of ether oxygens (including phenoxy) is 2. The lowest BCUT2D eigenvalue weighted by atomic mass is 9.98. The molecule has 1 aromatic rings. The molecule has 4 heteroatoms. The van der Waals surface area contributed by atoms with E-state index >= 15 is 0 Å². The molecule has 0 bridgehead atoms. The molecular formula is C20H29NO3. The van der Waals surface area contributed by atoms with Crippen LogP contribution in [0.25, 0.3) is 0 Å². The molecule has 132 valence electrons. The van der Waals surface area contributed by atoms with E-state index in [1.54, 1.807) is 0 Å². The fourth-order valence-corrected chi connectivity index (χ4v) is 3.60. The summed E-state index contributed by atoms with van der Waals surface area (Å²) in [7, 11) is 0. The van der Waals surface area contributed by atoms with Crippen molar-refractivity contribution in [1.29, 1.82) is 0 Å². The first kappa shape index (κ1) is 17.3. The van der Waals surface area contributed by atoms with Gasteiger partial charge in [-0.3, -0.25) is 4.79 Å². The normalized spacial score (nSPS) is 20.6. The van der Waals surface area contributed by atoms with E-state index < -0.39 is 5.60 Å². The van der Waals surface area contributed by atoms with E-state index in [0.717, 1.165) is 42.7 Å². The highest BCUT2D eigenvalue weighted by atomic mass is 16.5. The highest BCUT2D eigenvalue weighted by Crippen LogP contribution is 2.42. The van der Waals surface area contributed by atoms with Crippen LogP contribution in [0.5, 0.6) is 5.75 Å². The van der Waals surface area contributed by atoms with E-state index in [1.807, 2.05) is 39.0 Å². The molecular weight excluding hydrogens is 302 g/mol. The number of nitrogens with one attached hydrogen (secondary N) is 1. The highest BCUT2D eigenvalue weighted by molar-refractivity contribution is 5.97. The molecule has 2 fully saturated rings. The summed E-state index contributed by atoms with van der Waals surface area (Å²) in [5, 5.41) is 3.03. The Bertz CT molecular complexity index is 591. The Labute approximate surface area is 144 Å². The van der Waals surface area contributed by atoms with Crippen LogP contribution >= 0.6 is 0 Å². The molecule has 0 spiro atoms. The van der Waals surface area contributed by atoms with Crippen molar-refractivity contribution in [2.24, 2.45) is 5.92 Å². The molecule has 1 aromatic carbocycles. The molecule has 1 amide bonds. The van der Waals surface area contributed by atoms with Gasteiger partial charge in [-0.1, -0.05) is 0 Å². The number of rotatable bonds is 7. The van der Waals surface area contributed by atoms with E-state index in [4.69, 9.17) is 9.47 Å². The molecule has 3 rings (SSSR count). The summed E-state index contributed by atoms with van der Waals surface area (Å²) in [6.45, 7) is 6.43. The lowest BCUT2D eigenvalue weighted by molar-refractivity contribution is -0.141. The summed E-state index contributed by atoms with van der Waals surface area (Å²) < 4.78 is 11.9. The van der Waals surface area contributed by atoms with Crippen LogP contribution in [0.15, 0.2) is 18.2 Å². The van der Waals surface area contributed by atoms with Crippen LogP contribution in [-0.4, -0.2) is 24.2 Å². The third-order valence-corrected chi connectivity index (χ3v) is 5.28. The third-order valence-electron chi connectivity index (χ3n) is 5.28. The smallest absolute Gasteiger partial charge is 0.256 e. The van der Waals surface area contributed by atoms with E-state index in [1.165, 1.54) is 12.8 Å². The molecule has 2 aliphatic rings. The van der Waals surface area contributed by atoms with Crippen molar-refractivity contribution in [2.75, 3.05) is 11.9 Å². The Morgan fingerprint density at radius 2 is 1.96 bits per heavy atom. The first-order valence-corrected chi connectivity index (χ1v) is 9.25. The zero-order valence-corrected chi connectivity index (χ0v) is 15.1. The molecule has 4 nitrogen and oxygen atoms in total. The fraction of sp³-hybridized carbons (Fsp3) is 0.650. The highest BCUT2D eigenvalue weighted by Gasteiger charge is 2.48. The monoisotopic (exact) mass is 331 g/mol. The Kier molecular flexibility index (Phi) is 5.14. The third kappa shape index (κ3) is 3.75. The average molecular weight is 331 g/mol. The first-order valence-electron chi connectivity index (χ1n) is 9.25. The molecule has 0 saturated heterocycles. The van der Waals surface area contributed by atoms with Gasteiger partial charge in [0.25, 0.3) is 5.91 Å². The first-order chi connectivity index (χ1) is 11.5. The Hall–Kier alpha value is -1.55. The van der Waals surface area contributed by atoms with Crippen molar-refractivity contribution < 1.29 is 14.3 Å².